The molecule has 0 N–H and O–H groups in total. The van der Waals surface area contributed by atoms with Crippen molar-refractivity contribution in [3.8, 4) is 0 Å². The van der Waals surface area contributed by atoms with E-state index in [1.54, 1.807) is 25.2 Å². The van der Waals surface area contributed by atoms with E-state index in [4.69, 9.17) is 11.6 Å². The number of piperazine rings is 1. The lowest BCUT2D eigenvalue weighted by Gasteiger charge is -2.33. The Labute approximate surface area is 160 Å². The zero-order chi connectivity index (χ0) is 20.2. The quantitative estimate of drug-likeness (QED) is 0.552. The number of carbonyl (C=O) groups excluding carboxylic acids is 1. The second-order valence-corrected chi connectivity index (χ2v) is 8.07. The van der Waals surface area contributed by atoms with Gasteiger partial charge in [0.15, 0.2) is 0 Å². The number of nitrogens with zero attached hydrogens (tertiary/aromatic N) is 2. The molecule has 0 saturated carbocycles. The van der Waals surface area contributed by atoms with Crippen LogP contribution in [0.4, 0.5) is 13.2 Å². The van der Waals surface area contributed by atoms with Gasteiger partial charge in [-0.3, -0.25) is 4.79 Å². The van der Waals surface area contributed by atoms with Gasteiger partial charge >= 0.3 is 6.18 Å². The van der Waals surface area contributed by atoms with Crippen molar-refractivity contribution >= 4 is 27.5 Å². The van der Waals surface area contributed by atoms with Crippen LogP contribution in [0.5, 0.6) is 0 Å². The van der Waals surface area contributed by atoms with E-state index in [-0.39, 0.29) is 37.1 Å². The molecule has 0 unspecified atom stereocenters. The highest BCUT2D eigenvalue weighted by molar-refractivity contribution is 7.89. The minimum Gasteiger partial charge on any atom is -0.337 e. The minimum atomic E-state index is -4.68. The van der Waals surface area contributed by atoms with Crippen LogP contribution < -0.4 is 0 Å². The molecule has 5 nitrogen and oxygen atoms in total. The van der Waals surface area contributed by atoms with Gasteiger partial charge in [0.25, 0.3) is 0 Å². The molecule has 0 aromatic heterocycles. The van der Waals surface area contributed by atoms with Crippen molar-refractivity contribution in [2.45, 2.75) is 18.0 Å². The van der Waals surface area contributed by atoms with Crippen molar-refractivity contribution in [1.29, 1.82) is 0 Å². The molecule has 10 heteroatoms. The molecule has 1 heterocycles. The summed E-state index contributed by atoms with van der Waals surface area (Å²) in [6, 6.07) is 2.19. The Balaban J connectivity index is 2.17. The average Bonchev–Trinajstić information content (AvgIpc) is 2.61. The summed E-state index contributed by atoms with van der Waals surface area (Å²) in [5.41, 5.74) is -1.09. The molecular formula is C17H18ClF3N2O3S. The van der Waals surface area contributed by atoms with Crippen LogP contribution in [0.25, 0.3) is 0 Å². The Bertz CT molecular complexity index is 859. The van der Waals surface area contributed by atoms with Gasteiger partial charge in [0.05, 0.1) is 10.6 Å². The highest BCUT2D eigenvalue weighted by Gasteiger charge is 2.35. The first-order valence-electron chi connectivity index (χ1n) is 8.02. The van der Waals surface area contributed by atoms with Gasteiger partial charge in [0.1, 0.15) is 4.90 Å². The van der Waals surface area contributed by atoms with Crippen LogP contribution in [-0.4, -0.2) is 49.7 Å². The third-order valence-electron chi connectivity index (χ3n) is 3.97. The zero-order valence-corrected chi connectivity index (χ0v) is 16.0. The van der Waals surface area contributed by atoms with Crippen molar-refractivity contribution in [2.24, 2.45) is 0 Å². The fourth-order valence-corrected chi connectivity index (χ4v) is 4.44. The zero-order valence-electron chi connectivity index (χ0n) is 14.4. The molecule has 0 spiro atoms. The maximum atomic E-state index is 12.9. The summed E-state index contributed by atoms with van der Waals surface area (Å²) in [7, 11) is -4.21. The summed E-state index contributed by atoms with van der Waals surface area (Å²) in [4.78, 5) is 12.9. The predicted molar refractivity (Wildman–Crippen MR) is 95.7 cm³/mol. The van der Waals surface area contributed by atoms with Gasteiger partial charge in [-0.1, -0.05) is 29.8 Å². The van der Waals surface area contributed by atoms with E-state index in [0.717, 1.165) is 16.4 Å². The molecule has 0 atom stereocenters. The Morgan fingerprint density at radius 1 is 1.15 bits per heavy atom. The molecule has 0 bridgehead atoms. The Kier molecular flexibility index (Phi) is 6.72. The van der Waals surface area contributed by atoms with Crippen LogP contribution in [0.1, 0.15) is 12.5 Å². The number of allylic oxidation sites excluding steroid dienone is 3. The van der Waals surface area contributed by atoms with E-state index in [1.165, 1.54) is 11.0 Å². The summed E-state index contributed by atoms with van der Waals surface area (Å²) in [5, 5.41) is -0.282. The number of halogens is 4. The van der Waals surface area contributed by atoms with Crippen LogP contribution in [-0.2, 0) is 21.0 Å². The molecule has 1 aliphatic rings. The van der Waals surface area contributed by atoms with Crippen LogP contribution in [0, 0.1) is 0 Å². The standard InChI is InChI=1S/C17H18ClF3N2O3S/c1-2-3-4-5-16(24)22-8-10-23(11-9-22)27(25,26)15-12-13(17(19,20)21)6-7-14(15)18/h2-7,12H,8-11H2,1H3/b3-2+,5-4+. The van der Waals surface area contributed by atoms with Crippen molar-refractivity contribution in [3.05, 3.63) is 53.1 Å². The van der Waals surface area contributed by atoms with E-state index in [0.29, 0.717) is 6.07 Å². The lowest BCUT2D eigenvalue weighted by Crippen LogP contribution is -2.50. The van der Waals surface area contributed by atoms with Crippen molar-refractivity contribution in [1.82, 2.24) is 9.21 Å². The summed E-state index contributed by atoms with van der Waals surface area (Å²) in [6.45, 7) is 2.01. The fraction of sp³-hybridized carbons (Fsp3) is 0.353. The summed E-state index contributed by atoms with van der Waals surface area (Å²) < 4.78 is 65.2. The van der Waals surface area contributed by atoms with Crippen LogP contribution in [0.3, 0.4) is 0 Å². The number of amides is 1. The minimum absolute atomic E-state index is 0.0297. The smallest absolute Gasteiger partial charge is 0.337 e. The lowest BCUT2D eigenvalue weighted by atomic mass is 10.2. The Hall–Kier alpha value is -1.84. The van der Waals surface area contributed by atoms with Gasteiger partial charge in [0.2, 0.25) is 15.9 Å². The van der Waals surface area contributed by atoms with Crippen molar-refractivity contribution in [2.75, 3.05) is 26.2 Å². The monoisotopic (exact) mass is 422 g/mol. The molecule has 0 radical (unpaired) electrons. The highest BCUT2D eigenvalue weighted by atomic mass is 35.5. The van der Waals surface area contributed by atoms with Gasteiger partial charge in [-0.2, -0.15) is 17.5 Å². The first-order chi connectivity index (χ1) is 12.6. The number of benzene rings is 1. The van der Waals surface area contributed by atoms with Gasteiger partial charge in [-0.25, -0.2) is 8.42 Å². The predicted octanol–water partition coefficient (Wildman–Crippen LogP) is 3.32. The van der Waals surface area contributed by atoms with Gasteiger partial charge in [-0.05, 0) is 25.1 Å². The maximum absolute atomic E-state index is 12.9. The van der Waals surface area contributed by atoms with Gasteiger partial charge < -0.3 is 4.90 Å². The third kappa shape index (κ3) is 5.12. The first-order valence-corrected chi connectivity index (χ1v) is 9.84. The molecule has 1 saturated heterocycles. The molecule has 27 heavy (non-hydrogen) atoms. The summed E-state index contributed by atoms with van der Waals surface area (Å²) >= 11 is 5.85. The summed E-state index contributed by atoms with van der Waals surface area (Å²) in [6.07, 6.45) is 1.71. The van der Waals surface area contributed by atoms with E-state index in [9.17, 15) is 26.4 Å². The second-order valence-electron chi connectivity index (χ2n) is 5.76. The molecule has 1 aromatic rings. The fourth-order valence-electron chi connectivity index (χ4n) is 2.52. The van der Waals surface area contributed by atoms with Gasteiger partial charge in [0, 0.05) is 32.3 Å². The lowest BCUT2D eigenvalue weighted by molar-refractivity contribution is -0.137. The number of hydrogen-bond acceptors (Lipinski definition) is 3. The summed E-state index contributed by atoms with van der Waals surface area (Å²) in [5.74, 6) is -0.262. The Morgan fingerprint density at radius 2 is 1.78 bits per heavy atom. The molecule has 1 aliphatic heterocycles. The highest BCUT2D eigenvalue weighted by Crippen LogP contribution is 2.34. The topological polar surface area (TPSA) is 57.7 Å². The van der Waals surface area contributed by atoms with E-state index < -0.39 is 26.7 Å². The average molecular weight is 423 g/mol. The number of carbonyl (C=O) groups is 1. The molecule has 148 valence electrons. The van der Waals surface area contributed by atoms with Crippen molar-refractivity contribution < 1.29 is 26.4 Å². The van der Waals surface area contributed by atoms with Crippen LogP contribution in [0.2, 0.25) is 5.02 Å². The maximum Gasteiger partial charge on any atom is 0.416 e. The van der Waals surface area contributed by atoms with Gasteiger partial charge in [-0.15, -0.1) is 0 Å². The number of alkyl halides is 3. The molecule has 0 aliphatic carbocycles. The normalized spacial score (nSPS) is 17.1. The molecule has 1 aromatic carbocycles. The molecule has 1 amide bonds. The molecule has 2 rings (SSSR count). The van der Waals surface area contributed by atoms with Crippen molar-refractivity contribution in [3.63, 3.8) is 0 Å². The SMILES string of the molecule is C/C=C/C=C/C(=O)N1CCN(S(=O)(=O)c2cc(C(F)(F)F)ccc2Cl)CC1. The van der Waals surface area contributed by atoms with Crippen LogP contribution in [0.15, 0.2) is 47.4 Å². The number of sulfonamides is 1. The largest absolute Gasteiger partial charge is 0.416 e. The first kappa shape index (κ1) is 21.5. The number of hydrogen-bond donors (Lipinski definition) is 0. The van der Waals surface area contributed by atoms with E-state index in [2.05, 4.69) is 0 Å². The number of rotatable bonds is 4. The molecular weight excluding hydrogens is 405 g/mol. The van der Waals surface area contributed by atoms with Crippen LogP contribution >= 0.6 is 11.6 Å². The second kappa shape index (κ2) is 8.45. The Morgan fingerprint density at radius 3 is 2.33 bits per heavy atom. The molecule has 1 fully saturated rings. The van der Waals surface area contributed by atoms with E-state index >= 15 is 0 Å². The third-order valence-corrected chi connectivity index (χ3v) is 6.35. The van der Waals surface area contributed by atoms with E-state index in [1.807, 2.05) is 0 Å².